The Morgan fingerprint density at radius 3 is 2.48 bits per heavy atom. The number of carbonyl (C=O) groups excluding carboxylic acids is 1. The monoisotopic (exact) mass is 438 g/mol. The van der Waals surface area contributed by atoms with Gasteiger partial charge in [0.2, 0.25) is 0 Å². The summed E-state index contributed by atoms with van der Waals surface area (Å²) >= 11 is 15.9. The van der Waals surface area contributed by atoms with Gasteiger partial charge in [0.1, 0.15) is 17.0 Å². The Bertz CT molecular complexity index is 949. The second-order valence-corrected chi connectivity index (χ2v) is 7.15. The molecule has 25 heavy (non-hydrogen) atoms. The minimum atomic E-state index is -0.341. The van der Waals surface area contributed by atoms with Crippen LogP contribution in [0.4, 0.5) is 5.69 Å². The maximum atomic E-state index is 12.8. The van der Waals surface area contributed by atoms with Gasteiger partial charge >= 0.3 is 0 Å². The van der Waals surface area contributed by atoms with Gasteiger partial charge in [0.15, 0.2) is 0 Å². The highest BCUT2D eigenvalue weighted by Gasteiger charge is 2.25. The predicted octanol–water partition coefficient (Wildman–Crippen LogP) is 6.28. The van der Waals surface area contributed by atoms with Crippen LogP contribution in [0.3, 0.4) is 0 Å². The van der Waals surface area contributed by atoms with E-state index in [0.29, 0.717) is 38.3 Å². The Labute approximate surface area is 163 Å². The Hall–Kier alpha value is -1.82. The van der Waals surface area contributed by atoms with Crippen LogP contribution in [0.25, 0.3) is 11.3 Å². The van der Waals surface area contributed by atoms with Gasteiger partial charge in [0, 0.05) is 15.7 Å². The maximum Gasteiger partial charge on any atom is 0.261 e. The fourth-order valence-electron chi connectivity index (χ4n) is 2.45. The van der Waals surface area contributed by atoms with Crippen LogP contribution in [-0.2, 0) is 0 Å². The quantitative estimate of drug-likeness (QED) is 0.522. The summed E-state index contributed by atoms with van der Waals surface area (Å²) in [6.07, 6.45) is 0. The number of aryl methyl sites for hydroxylation is 2. The van der Waals surface area contributed by atoms with E-state index in [9.17, 15) is 4.79 Å². The molecular formula is C18H13BrCl2N2O2. The number of aromatic nitrogens is 1. The Balaban J connectivity index is 2.02. The van der Waals surface area contributed by atoms with Crippen molar-refractivity contribution in [2.24, 2.45) is 0 Å². The van der Waals surface area contributed by atoms with Crippen molar-refractivity contribution < 1.29 is 9.32 Å². The molecule has 0 saturated carbocycles. The van der Waals surface area contributed by atoms with Crippen molar-refractivity contribution in [1.29, 1.82) is 0 Å². The minimum absolute atomic E-state index is 0.301. The molecule has 128 valence electrons. The lowest BCUT2D eigenvalue weighted by Gasteiger charge is -2.09. The van der Waals surface area contributed by atoms with E-state index in [-0.39, 0.29) is 5.91 Å². The average Bonchev–Trinajstić information content (AvgIpc) is 2.92. The summed E-state index contributed by atoms with van der Waals surface area (Å²) in [5.74, 6) is 0.0452. The smallest absolute Gasteiger partial charge is 0.261 e. The molecule has 0 saturated heterocycles. The summed E-state index contributed by atoms with van der Waals surface area (Å²) in [6, 6.07) is 10.6. The second kappa shape index (κ2) is 7.20. The van der Waals surface area contributed by atoms with E-state index in [1.807, 2.05) is 19.1 Å². The van der Waals surface area contributed by atoms with Crippen molar-refractivity contribution in [2.75, 3.05) is 5.32 Å². The van der Waals surface area contributed by atoms with Crippen molar-refractivity contribution in [2.45, 2.75) is 13.8 Å². The zero-order valence-corrected chi connectivity index (χ0v) is 16.5. The third-order valence-electron chi connectivity index (χ3n) is 3.71. The number of nitrogens with one attached hydrogen (secondary N) is 1. The molecule has 2 aromatic carbocycles. The van der Waals surface area contributed by atoms with E-state index < -0.39 is 0 Å². The zero-order valence-electron chi connectivity index (χ0n) is 13.4. The van der Waals surface area contributed by atoms with Crippen molar-refractivity contribution in [3.05, 3.63) is 67.8 Å². The van der Waals surface area contributed by atoms with E-state index in [0.717, 1.165) is 10.0 Å². The summed E-state index contributed by atoms with van der Waals surface area (Å²) in [4.78, 5) is 12.8. The predicted molar refractivity (Wildman–Crippen MR) is 104 cm³/mol. The van der Waals surface area contributed by atoms with Crippen LogP contribution in [-0.4, -0.2) is 11.1 Å². The molecule has 0 aliphatic heterocycles. The lowest BCUT2D eigenvalue weighted by atomic mass is 10.1. The zero-order chi connectivity index (χ0) is 18.1. The number of hydrogen-bond donors (Lipinski definition) is 1. The van der Waals surface area contributed by atoms with Crippen LogP contribution in [0, 0.1) is 13.8 Å². The van der Waals surface area contributed by atoms with Crippen LogP contribution in [0.15, 0.2) is 45.4 Å². The van der Waals surface area contributed by atoms with Gasteiger partial charge in [0.05, 0.1) is 10.0 Å². The molecule has 0 bridgehead atoms. The third-order valence-corrected chi connectivity index (χ3v) is 5.22. The fraction of sp³-hybridized carbons (Fsp3) is 0.111. The molecule has 0 radical (unpaired) electrons. The van der Waals surface area contributed by atoms with E-state index >= 15 is 0 Å². The minimum Gasteiger partial charge on any atom is -0.360 e. The van der Waals surface area contributed by atoms with Crippen molar-refractivity contribution in [3.8, 4) is 11.3 Å². The molecule has 1 amide bonds. The van der Waals surface area contributed by atoms with Crippen LogP contribution in [0.2, 0.25) is 10.0 Å². The first kappa shape index (κ1) is 18.0. The van der Waals surface area contributed by atoms with Gasteiger partial charge in [0.25, 0.3) is 5.91 Å². The number of nitrogens with zero attached hydrogens (tertiary/aromatic N) is 1. The Morgan fingerprint density at radius 1 is 1.16 bits per heavy atom. The summed E-state index contributed by atoms with van der Waals surface area (Å²) in [5, 5.41) is 7.64. The number of benzene rings is 2. The van der Waals surface area contributed by atoms with E-state index in [2.05, 4.69) is 26.4 Å². The number of halogens is 3. The molecule has 3 rings (SSSR count). The molecule has 0 spiro atoms. The molecule has 3 aromatic rings. The maximum absolute atomic E-state index is 12.8. The molecule has 0 aliphatic rings. The second-order valence-electron chi connectivity index (χ2n) is 5.48. The van der Waals surface area contributed by atoms with Gasteiger partial charge in [-0.05, 0) is 49.7 Å². The fourth-order valence-corrected chi connectivity index (χ4v) is 3.27. The van der Waals surface area contributed by atoms with Gasteiger partial charge in [-0.1, -0.05) is 50.4 Å². The molecule has 1 heterocycles. The third kappa shape index (κ3) is 3.59. The molecule has 1 aromatic heterocycles. The molecule has 0 fully saturated rings. The number of rotatable bonds is 3. The molecule has 0 aliphatic carbocycles. The van der Waals surface area contributed by atoms with Gasteiger partial charge in [-0.2, -0.15) is 0 Å². The lowest BCUT2D eigenvalue weighted by molar-refractivity contribution is 0.102. The highest BCUT2D eigenvalue weighted by Crippen LogP contribution is 2.37. The molecular weight excluding hydrogens is 427 g/mol. The van der Waals surface area contributed by atoms with Gasteiger partial charge in [-0.3, -0.25) is 4.79 Å². The number of amides is 1. The summed E-state index contributed by atoms with van der Waals surface area (Å²) in [7, 11) is 0. The SMILES string of the molecule is Cc1cc(NC(=O)c2c(-c3c(Cl)cccc3Cl)noc2C)ccc1Br. The standard InChI is InChI=1S/C18H13BrCl2N2O2/c1-9-8-11(6-7-12(9)19)22-18(24)15-10(2)25-23-17(15)16-13(20)4-3-5-14(16)21/h3-8H,1-2H3,(H,22,24). The first-order valence-electron chi connectivity index (χ1n) is 7.36. The average molecular weight is 440 g/mol. The lowest BCUT2D eigenvalue weighted by Crippen LogP contribution is -2.13. The van der Waals surface area contributed by atoms with E-state index in [1.165, 1.54) is 0 Å². The van der Waals surface area contributed by atoms with Gasteiger partial charge < -0.3 is 9.84 Å². The highest BCUT2D eigenvalue weighted by molar-refractivity contribution is 9.10. The molecule has 4 nitrogen and oxygen atoms in total. The van der Waals surface area contributed by atoms with Crippen molar-refractivity contribution in [1.82, 2.24) is 5.16 Å². The molecule has 0 atom stereocenters. The first-order valence-corrected chi connectivity index (χ1v) is 8.91. The normalized spacial score (nSPS) is 10.8. The van der Waals surface area contributed by atoms with E-state index in [1.54, 1.807) is 31.2 Å². The van der Waals surface area contributed by atoms with Crippen LogP contribution in [0.5, 0.6) is 0 Å². The summed E-state index contributed by atoms with van der Waals surface area (Å²) < 4.78 is 6.19. The molecule has 7 heteroatoms. The Morgan fingerprint density at radius 2 is 1.84 bits per heavy atom. The highest BCUT2D eigenvalue weighted by atomic mass is 79.9. The molecule has 0 unspecified atom stereocenters. The Kier molecular flexibility index (Phi) is 5.18. The molecule has 1 N–H and O–H groups in total. The van der Waals surface area contributed by atoms with Crippen molar-refractivity contribution in [3.63, 3.8) is 0 Å². The number of carbonyl (C=O) groups is 1. The van der Waals surface area contributed by atoms with Gasteiger partial charge in [-0.15, -0.1) is 0 Å². The topological polar surface area (TPSA) is 55.1 Å². The van der Waals surface area contributed by atoms with Gasteiger partial charge in [-0.25, -0.2) is 0 Å². The van der Waals surface area contributed by atoms with Crippen LogP contribution < -0.4 is 5.32 Å². The largest absolute Gasteiger partial charge is 0.360 e. The number of anilines is 1. The summed E-state index contributed by atoms with van der Waals surface area (Å²) in [6.45, 7) is 3.61. The summed E-state index contributed by atoms with van der Waals surface area (Å²) in [5.41, 5.74) is 2.77. The van der Waals surface area contributed by atoms with Crippen molar-refractivity contribution >= 4 is 50.7 Å². The number of hydrogen-bond acceptors (Lipinski definition) is 3. The first-order chi connectivity index (χ1) is 11.9. The van der Waals surface area contributed by atoms with Crippen LogP contribution in [0.1, 0.15) is 21.7 Å². The van der Waals surface area contributed by atoms with E-state index in [4.69, 9.17) is 27.7 Å². The van der Waals surface area contributed by atoms with Crippen LogP contribution >= 0.6 is 39.1 Å².